The number of rotatable bonds is 4. The number of aromatic nitrogens is 2. The zero-order chi connectivity index (χ0) is 27.6. The highest BCUT2D eigenvalue weighted by atomic mass is 35.5. The first-order valence-corrected chi connectivity index (χ1v) is 12.5. The molecule has 2 N–H and O–H groups in total. The zero-order valence-corrected chi connectivity index (χ0v) is 22.4. The molecule has 2 aromatic heterocycles. The summed E-state index contributed by atoms with van der Waals surface area (Å²) >= 11 is 6.18. The van der Waals surface area contributed by atoms with Gasteiger partial charge in [0.15, 0.2) is 11.4 Å². The molecule has 3 aromatic rings. The number of ether oxygens (including phenoxy) is 1. The van der Waals surface area contributed by atoms with Crippen molar-refractivity contribution in [1.82, 2.24) is 20.2 Å². The molecule has 0 radical (unpaired) electrons. The maximum atomic E-state index is 12.7. The van der Waals surface area contributed by atoms with E-state index >= 15 is 0 Å². The fourth-order valence-electron chi connectivity index (χ4n) is 4.20. The minimum Gasteiger partial charge on any atom is -0.505 e. The highest BCUT2D eigenvalue weighted by Crippen LogP contribution is 2.29. The van der Waals surface area contributed by atoms with E-state index in [2.05, 4.69) is 20.2 Å². The lowest BCUT2D eigenvalue weighted by Gasteiger charge is -2.40. The molecule has 1 aliphatic heterocycles. The first-order chi connectivity index (χ1) is 18.0. The topological polar surface area (TPSA) is 132 Å². The van der Waals surface area contributed by atoms with Gasteiger partial charge in [-0.1, -0.05) is 17.7 Å². The van der Waals surface area contributed by atoms with Crippen LogP contribution in [0.25, 0.3) is 10.9 Å². The molecule has 11 heteroatoms. The molecule has 2 amide bonds. The maximum absolute atomic E-state index is 12.7. The van der Waals surface area contributed by atoms with E-state index in [0.29, 0.717) is 52.5 Å². The molecule has 1 aromatic carbocycles. The van der Waals surface area contributed by atoms with Gasteiger partial charge < -0.3 is 25.0 Å². The number of amides is 2. The number of carbonyl (C=O) groups is 2. The Hall–Kier alpha value is -4.10. The molecule has 0 aliphatic carbocycles. The van der Waals surface area contributed by atoms with Gasteiger partial charge in [0.05, 0.1) is 23.3 Å². The Morgan fingerprint density at radius 1 is 1.26 bits per heavy atom. The van der Waals surface area contributed by atoms with Gasteiger partial charge in [0.25, 0.3) is 5.91 Å². The van der Waals surface area contributed by atoms with Gasteiger partial charge in [-0.05, 0) is 57.5 Å². The van der Waals surface area contributed by atoms with Gasteiger partial charge in [-0.2, -0.15) is 5.26 Å². The number of piperazine rings is 1. The van der Waals surface area contributed by atoms with E-state index in [4.69, 9.17) is 21.6 Å². The lowest BCUT2D eigenvalue weighted by Crippen LogP contribution is -2.55. The summed E-state index contributed by atoms with van der Waals surface area (Å²) < 4.78 is 5.51. The Labute approximate surface area is 225 Å². The maximum Gasteiger partial charge on any atom is 0.410 e. The number of pyridine rings is 2. The van der Waals surface area contributed by atoms with Crippen LogP contribution in [0.3, 0.4) is 0 Å². The molecule has 0 bridgehead atoms. The summed E-state index contributed by atoms with van der Waals surface area (Å²) in [6.45, 7) is 9.21. The summed E-state index contributed by atoms with van der Waals surface area (Å²) in [5.41, 5.74) is 0.803. The number of halogens is 1. The number of nitrogens with zero attached hydrogens (tertiary/aromatic N) is 5. The summed E-state index contributed by atoms with van der Waals surface area (Å²) in [7, 11) is 0. The number of anilines is 1. The summed E-state index contributed by atoms with van der Waals surface area (Å²) in [6, 6.07) is 10.2. The molecule has 1 fully saturated rings. The quantitative estimate of drug-likeness (QED) is 0.506. The van der Waals surface area contributed by atoms with Crippen molar-refractivity contribution in [3.63, 3.8) is 0 Å². The molecule has 4 rings (SSSR count). The van der Waals surface area contributed by atoms with Crippen LogP contribution in [0, 0.1) is 11.3 Å². The average molecular weight is 537 g/mol. The highest BCUT2D eigenvalue weighted by Gasteiger charge is 2.31. The normalized spacial score (nSPS) is 15.7. The Morgan fingerprint density at radius 3 is 2.68 bits per heavy atom. The molecule has 1 saturated heterocycles. The first-order valence-electron chi connectivity index (χ1n) is 12.2. The summed E-state index contributed by atoms with van der Waals surface area (Å²) in [4.78, 5) is 37.8. The van der Waals surface area contributed by atoms with Gasteiger partial charge in [0.1, 0.15) is 11.4 Å². The third kappa shape index (κ3) is 5.89. The van der Waals surface area contributed by atoms with E-state index in [1.165, 1.54) is 12.3 Å². The number of hydrogen-bond acceptors (Lipinski definition) is 8. The number of fused-ring (bicyclic) bond motifs is 1. The molecule has 0 saturated carbocycles. The van der Waals surface area contributed by atoms with Crippen LogP contribution in [0.2, 0.25) is 5.02 Å². The molecular weight excluding hydrogens is 508 g/mol. The van der Waals surface area contributed by atoms with Crippen LogP contribution < -0.4 is 10.2 Å². The van der Waals surface area contributed by atoms with Gasteiger partial charge in [-0.15, -0.1) is 0 Å². The summed E-state index contributed by atoms with van der Waals surface area (Å²) in [6.07, 6.45) is 1.11. The van der Waals surface area contributed by atoms with E-state index in [1.54, 1.807) is 29.2 Å². The second-order valence-electron chi connectivity index (χ2n) is 10.1. The average Bonchev–Trinajstić information content (AvgIpc) is 2.86. The SMILES string of the molecule is C[C@H]1CN(c2ccc3c(O)c(C(=O)NCc4ccc(C#N)cc4Cl)ncc3n2)CCN1C(=O)OC(C)(C)C. The third-order valence-corrected chi connectivity index (χ3v) is 6.47. The predicted molar refractivity (Wildman–Crippen MR) is 143 cm³/mol. The van der Waals surface area contributed by atoms with Crippen molar-refractivity contribution in [2.45, 2.75) is 45.9 Å². The monoisotopic (exact) mass is 536 g/mol. The summed E-state index contributed by atoms with van der Waals surface area (Å²) in [5.74, 6) is -0.156. The van der Waals surface area contributed by atoms with Crippen molar-refractivity contribution >= 4 is 40.3 Å². The van der Waals surface area contributed by atoms with E-state index in [9.17, 15) is 14.7 Å². The van der Waals surface area contributed by atoms with Crippen LogP contribution >= 0.6 is 11.6 Å². The number of nitrogens with one attached hydrogen (secondary N) is 1. The largest absolute Gasteiger partial charge is 0.505 e. The van der Waals surface area contributed by atoms with Crippen molar-refractivity contribution in [3.8, 4) is 11.8 Å². The van der Waals surface area contributed by atoms with Gasteiger partial charge >= 0.3 is 6.09 Å². The zero-order valence-electron chi connectivity index (χ0n) is 21.7. The van der Waals surface area contributed by atoms with Gasteiger partial charge in [-0.3, -0.25) is 4.79 Å². The van der Waals surface area contributed by atoms with Crippen LogP contribution in [0.5, 0.6) is 5.75 Å². The fourth-order valence-corrected chi connectivity index (χ4v) is 4.44. The molecular formula is C27H29ClN6O4. The molecule has 10 nitrogen and oxygen atoms in total. The van der Waals surface area contributed by atoms with Crippen molar-refractivity contribution in [3.05, 3.63) is 58.4 Å². The van der Waals surface area contributed by atoms with E-state index in [-0.39, 0.29) is 30.1 Å². The Balaban J connectivity index is 1.45. The van der Waals surface area contributed by atoms with Crippen LogP contribution in [0.4, 0.5) is 10.6 Å². The number of carbonyl (C=O) groups excluding carboxylic acids is 2. The molecule has 0 spiro atoms. The molecule has 3 heterocycles. The van der Waals surface area contributed by atoms with Crippen LogP contribution in [0.15, 0.2) is 36.5 Å². The van der Waals surface area contributed by atoms with E-state index in [0.717, 1.165) is 0 Å². The van der Waals surface area contributed by atoms with Crippen molar-refractivity contribution < 1.29 is 19.4 Å². The highest BCUT2D eigenvalue weighted by molar-refractivity contribution is 6.31. The third-order valence-electron chi connectivity index (χ3n) is 6.12. The van der Waals surface area contributed by atoms with Crippen molar-refractivity contribution in [2.75, 3.05) is 24.5 Å². The number of aromatic hydroxyl groups is 1. The van der Waals surface area contributed by atoms with Crippen molar-refractivity contribution in [2.24, 2.45) is 0 Å². The lowest BCUT2D eigenvalue weighted by molar-refractivity contribution is 0.0158. The number of benzene rings is 1. The molecule has 198 valence electrons. The smallest absolute Gasteiger partial charge is 0.410 e. The Kier molecular flexibility index (Phi) is 7.60. The Morgan fingerprint density at radius 2 is 2.03 bits per heavy atom. The minimum atomic E-state index is -0.569. The lowest BCUT2D eigenvalue weighted by atomic mass is 10.1. The van der Waals surface area contributed by atoms with Gasteiger partial charge in [0, 0.05) is 42.6 Å². The number of hydrogen-bond donors (Lipinski definition) is 2. The van der Waals surface area contributed by atoms with Crippen LogP contribution in [-0.4, -0.2) is 63.3 Å². The number of nitriles is 1. The Bertz CT molecular complexity index is 1430. The second kappa shape index (κ2) is 10.7. The van der Waals surface area contributed by atoms with Gasteiger partial charge in [0.2, 0.25) is 0 Å². The van der Waals surface area contributed by atoms with Crippen LogP contribution in [0.1, 0.15) is 49.3 Å². The van der Waals surface area contributed by atoms with E-state index in [1.807, 2.05) is 33.8 Å². The molecule has 38 heavy (non-hydrogen) atoms. The van der Waals surface area contributed by atoms with E-state index < -0.39 is 11.5 Å². The summed E-state index contributed by atoms with van der Waals surface area (Å²) in [5, 5.41) is 23.2. The minimum absolute atomic E-state index is 0.0849. The van der Waals surface area contributed by atoms with Crippen molar-refractivity contribution in [1.29, 1.82) is 5.26 Å². The molecule has 0 unspecified atom stereocenters. The first kappa shape index (κ1) is 26.9. The van der Waals surface area contributed by atoms with Crippen LogP contribution in [-0.2, 0) is 11.3 Å². The fraction of sp³-hybridized carbons (Fsp3) is 0.370. The second-order valence-corrected chi connectivity index (χ2v) is 10.5. The predicted octanol–water partition coefficient (Wildman–Crippen LogP) is 4.24. The molecule has 1 aliphatic rings. The standard InChI is InChI=1S/C27H29ClN6O4/c1-16-15-33(9-10-34(16)26(37)38-27(2,3)4)22-8-7-19-21(32-22)14-30-23(24(19)35)25(36)31-13-18-6-5-17(12-29)11-20(18)28/h5-8,11,14,16,35H,9-10,13,15H2,1-4H3,(H,31,36)/t16-/m0/s1. The molecule has 1 atom stereocenters. The van der Waals surface area contributed by atoms with Gasteiger partial charge in [-0.25, -0.2) is 14.8 Å².